The lowest BCUT2D eigenvalue weighted by Crippen LogP contribution is -2.39. The molecule has 0 spiro atoms. The molecule has 2 atom stereocenters. The number of pyridine rings is 2. The van der Waals surface area contributed by atoms with Crippen LogP contribution in [-0.2, 0) is 9.53 Å². The van der Waals surface area contributed by atoms with E-state index in [1.807, 2.05) is 83.3 Å². The number of carboxylic acids is 1. The number of aryl methyl sites for hydroxylation is 1. The van der Waals surface area contributed by atoms with Gasteiger partial charge in [-0.05, 0) is 71.1 Å². The van der Waals surface area contributed by atoms with E-state index in [0.29, 0.717) is 23.7 Å². The number of aromatic nitrogens is 2. The number of nitrogens with zero attached hydrogens (tertiary/aromatic N) is 3. The molecule has 8 heteroatoms. The number of carbonyl (C=O) groups is 1. The van der Waals surface area contributed by atoms with Crippen molar-refractivity contribution in [3.63, 3.8) is 0 Å². The Labute approximate surface area is 243 Å². The van der Waals surface area contributed by atoms with Crippen molar-refractivity contribution in [1.82, 2.24) is 9.97 Å². The van der Waals surface area contributed by atoms with Crippen molar-refractivity contribution in [1.29, 1.82) is 0 Å². The van der Waals surface area contributed by atoms with Gasteiger partial charge < -0.3 is 24.2 Å². The van der Waals surface area contributed by atoms with Crippen molar-refractivity contribution in [3.8, 4) is 22.8 Å². The molecule has 0 radical (unpaired) electrons. The van der Waals surface area contributed by atoms with E-state index in [0.717, 1.165) is 48.5 Å². The molecule has 1 aliphatic heterocycles. The highest BCUT2D eigenvalue weighted by molar-refractivity contribution is 5.86. The van der Waals surface area contributed by atoms with Gasteiger partial charge in [-0.3, -0.25) is 4.98 Å². The molecule has 1 saturated heterocycles. The predicted molar refractivity (Wildman–Crippen MR) is 161 cm³/mol. The van der Waals surface area contributed by atoms with Crippen LogP contribution in [0.2, 0.25) is 0 Å². The van der Waals surface area contributed by atoms with Gasteiger partial charge in [0.15, 0.2) is 6.10 Å². The maximum atomic E-state index is 12.6. The van der Waals surface area contributed by atoms with Crippen LogP contribution >= 0.6 is 0 Å². The third-order valence-electron chi connectivity index (χ3n) is 7.27. The van der Waals surface area contributed by atoms with Crippen molar-refractivity contribution in [3.05, 3.63) is 66.1 Å². The molecule has 0 unspecified atom stereocenters. The maximum absolute atomic E-state index is 12.6. The average Bonchev–Trinajstić information content (AvgIpc) is 2.91. The number of carboxylic acid groups (broad SMARTS) is 1. The van der Waals surface area contributed by atoms with Gasteiger partial charge >= 0.3 is 5.97 Å². The van der Waals surface area contributed by atoms with Crippen molar-refractivity contribution in [2.45, 2.75) is 79.1 Å². The second-order valence-electron chi connectivity index (χ2n) is 12.6. The zero-order valence-corrected chi connectivity index (χ0v) is 25.3. The molecule has 0 aliphatic carbocycles. The zero-order chi connectivity index (χ0) is 29.8. The Bertz CT molecular complexity index is 1310. The first-order valence-electron chi connectivity index (χ1n) is 14.3. The first kappa shape index (κ1) is 30.3. The third kappa shape index (κ3) is 7.97. The Balaban J connectivity index is 1.65. The minimum atomic E-state index is -1.16. The second kappa shape index (κ2) is 12.5. The van der Waals surface area contributed by atoms with E-state index in [-0.39, 0.29) is 11.5 Å². The lowest BCUT2D eigenvalue weighted by atomic mass is 9.82. The van der Waals surface area contributed by atoms with Crippen LogP contribution < -0.4 is 14.4 Å². The third-order valence-corrected chi connectivity index (χ3v) is 7.27. The summed E-state index contributed by atoms with van der Waals surface area (Å²) < 4.78 is 17.9. The summed E-state index contributed by atoms with van der Waals surface area (Å²) in [4.78, 5) is 24.1. The van der Waals surface area contributed by atoms with Gasteiger partial charge in [0.2, 0.25) is 5.88 Å². The van der Waals surface area contributed by atoms with Gasteiger partial charge in [0, 0.05) is 53.9 Å². The molecule has 2 aromatic heterocycles. The number of hydrogen-bond donors (Lipinski definition) is 1. The fraction of sp³-hybridized carbons (Fsp3) is 0.485. The zero-order valence-electron chi connectivity index (χ0n) is 25.3. The van der Waals surface area contributed by atoms with Gasteiger partial charge in [-0.15, -0.1) is 0 Å². The molecule has 0 saturated carbocycles. The number of hydrogen-bond acceptors (Lipinski definition) is 7. The molecule has 1 aliphatic rings. The first-order valence-corrected chi connectivity index (χ1v) is 14.3. The molecule has 1 fully saturated rings. The summed E-state index contributed by atoms with van der Waals surface area (Å²) in [5.74, 6) is 0.242. The Hall–Kier alpha value is -3.65. The highest BCUT2D eigenvalue weighted by Crippen LogP contribution is 2.43. The molecule has 220 valence electrons. The fourth-order valence-corrected chi connectivity index (χ4v) is 4.99. The molecule has 0 amide bonds. The van der Waals surface area contributed by atoms with Crippen molar-refractivity contribution >= 4 is 11.7 Å². The molecule has 41 heavy (non-hydrogen) atoms. The summed E-state index contributed by atoms with van der Waals surface area (Å²) in [6.45, 7) is 15.9. The second-order valence-corrected chi connectivity index (χ2v) is 12.6. The Morgan fingerprint density at radius 1 is 1.05 bits per heavy atom. The van der Waals surface area contributed by atoms with Gasteiger partial charge in [-0.2, -0.15) is 0 Å². The smallest absolute Gasteiger partial charge is 0.337 e. The molecule has 4 rings (SSSR count). The molecule has 1 aromatic carbocycles. The largest absolute Gasteiger partial charge is 0.487 e. The monoisotopic (exact) mass is 561 g/mol. The SMILES string of the molecule is Cc1ncc(-c2ccc(OC[C@@H](C)Oc3ccccc3)nc2)c(N2CCC(C)(C)CC2)c1[C@H](OC(C)(C)C)C(=O)O. The predicted octanol–water partition coefficient (Wildman–Crippen LogP) is 6.87. The minimum Gasteiger partial charge on any atom is -0.487 e. The van der Waals surface area contributed by atoms with Gasteiger partial charge in [0.05, 0.1) is 11.3 Å². The molecular weight excluding hydrogens is 518 g/mol. The number of benzene rings is 1. The van der Waals surface area contributed by atoms with Crippen molar-refractivity contribution in [2.24, 2.45) is 5.41 Å². The molecule has 3 aromatic rings. The standard InChI is InChI=1S/C33H43N3O5/c1-22(40-25-11-9-8-10-12-25)21-39-27-14-13-24(19-35-27)26-20-34-23(2)28(30(31(37)38)41-32(3,4)5)29(26)36-17-15-33(6,7)16-18-36/h8-14,19-20,22,30H,15-18,21H2,1-7H3,(H,37,38)/t22-,30+/m1/s1. The normalized spacial score (nSPS) is 16.6. The van der Waals surface area contributed by atoms with Crippen LogP contribution in [0.3, 0.4) is 0 Å². The Morgan fingerprint density at radius 3 is 2.32 bits per heavy atom. The Morgan fingerprint density at radius 2 is 1.73 bits per heavy atom. The topological polar surface area (TPSA) is 94.0 Å². The van der Waals surface area contributed by atoms with E-state index in [1.165, 1.54) is 0 Å². The summed E-state index contributed by atoms with van der Waals surface area (Å²) in [5, 5.41) is 10.3. The quantitative estimate of drug-likeness (QED) is 0.287. The molecule has 0 bridgehead atoms. The highest BCUT2D eigenvalue weighted by Gasteiger charge is 2.35. The molecule has 3 heterocycles. The van der Waals surface area contributed by atoms with Crippen LogP contribution in [0, 0.1) is 12.3 Å². The van der Waals surface area contributed by atoms with Crippen LogP contribution in [0.5, 0.6) is 11.6 Å². The van der Waals surface area contributed by atoms with Gasteiger partial charge in [-0.1, -0.05) is 32.0 Å². The summed E-state index contributed by atoms with van der Waals surface area (Å²) in [6, 6.07) is 13.4. The summed E-state index contributed by atoms with van der Waals surface area (Å²) in [7, 11) is 0. The summed E-state index contributed by atoms with van der Waals surface area (Å²) >= 11 is 0. The Kier molecular flexibility index (Phi) is 9.22. The summed E-state index contributed by atoms with van der Waals surface area (Å²) in [6.07, 6.45) is 4.25. The lowest BCUT2D eigenvalue weighted by molar-refractivity contribution is -0.160. The van der Waals surface area contributed by atoms with Crippen LogP contribution in [0.15, 0.2) is 54.9 Å². The van der Waals surface area contributed by atoms with Crippen molar-refractivity contribution < 1.29 is 24.1 Å². The maximum Gasteiger partial charge on any atom is 0.337 e. The van der Waals surface area contributed by atoms with Crippen LogP contribution in [-0.4, -0.2) is 52.4 Å². The fourth-order valence-electron chi connectivity index (χ4n) is 4.99. The number of ether oxygens (including phenoxy) is 3. The van der Waals surface area contributed by atoms with E-state index in [9.17, 15) is 9.90 Å². The van der Waals surface area contributed by atoms with Gasteiger partial charge in [0.1, 0.15) is 18.5 Å². The molecular formula is C33H43N3O5. The molecule has 8 nitrogen and oxygen atoms in total. The van der Waals surface area contributed by atoms with Crippen LogP contribution in [0.1, 0.15) is 71.7 Å². The highest BCUT2D eigenvalue weighted by atomic mass is 16.5. The van der Waals surface area contributed by atoms with Gasteiger partial charge in [-0.25, -0.2) is 9.78 Å². The van der Waals surface area contributed by atoms with Crippen LogP contribution in [0.4, 0.5) is 5.69 Å². The van der Waals surface area contributed by atoms with Crippen molar-refractivity contribution in [2.75, 3.05) is 24.6 Å². The number of piperidine rings is 1. The van der Waals surface area contributed by atoms with Crippen LogP contribution in [0.25, 0.3) is 11.1 Å². The lowest BCUT2D eigenvalue weighted by Gasteiger charge is -2.40. The average molecular weight is 562 g/mol. The van der Waals surface area contributed by atoms with Gasteiger partial charge in [0.25, 0.3) is 0 Å². The number of para-hydroxylation sites is 1. The number of aliphatic carboxylic acids is 1. The minimum absolute atomic E-state index is 0.159. The van der Waals surface area contributed by atoms with E-state index in [2.05, 4.69) is 28.7 Å². The van der Waals surface area contributed by atoms with E-state index in [1.54, 1.807) is 6.20 Å². The van der Waals surface area contributed by atoms with E-state index >= 15 is 0 Å². The molecule has 1 N–H and O–H groups in total. The first-order chi connectivity index (χ1) is 19.3. The number of anilines is 1. The summed E-state index contributed by atoms with van der Waals surface area (Å²) in [5.41, 5.74) is 3.32. The number of rotatable bonds is 10. The van der Waals surface area contributed by atoms with E-state index in [4.69, 9.17) is 14.2 Å². The van der Waals surface area contributed by atoms with E-state index < -0.39 is 17.7 Å².